The molecule has 2 aromatic carbocycles. The van der Waals surface area contributed by atoms with E-state index >= 15 is 0 Å². The summed E-state index contributed by atoms with van der Waals surface area (Å²) in [5, 5.41) is 10.2. The SMILES string of the molecule is Cn1c(C(=O)O)cc2ccc(-c3ccc(CN4CCOCC4)cc3)cc21. The molecule has 0 spiro atoms. The molecular formula is C21H22N2O3. The first-order valence-electron chi connectivity index (χ1n) is 8.84. The van der Waals surface area contributed by atoms with Crippen LogP contribution >= 0.6 is 0 Å². The normalized spacial score (nSPS) is 15.4. The minimum atomic E-state index is -0.905. The number of rotatable bonds is 4. The Balaban J connectivity index is 1.58. The molecule has 2 heterocycles. The highest BCUT2D eigenvalue weighted by Crippen LogP contribution is 2.27. The van der Waals surface area contributed by atoms with Crippen LogP contribution in [0.2, 0.25) is 0 Å². The quantitative estimate of drug-likeness (QED) is 0.784. The van der Waals surface area contributed by atoms with Crippen molar-refractivity contribution in [1.29, 1.82) is 0 Å². The second-order valence-electron chi connectivity index (χ2n) is 6.75. The van der Waals surface area contributed by atoms with Gasteiger partial charge in [0.15, 0.2) is 0 Å². The number of carboxylic acids is 1. The molecule has 0 unspecified atom stereocenters. The number of aromatic nitrogens is 1. The van der Waals surface area contributed by atoms with E-state index in [1.807, 2.05) is 12.1 Å². The summed E-state index contributed by atoms with van der Waals surface area (Å²) >= 11 is 0. The van der Waals surface area contributed by atoms with Crippen LogP contribution in [0, 0.1) is 0 Å². The summed E-state index contributed by atoms with van der Waals surface area (Å²) < 4.78 is 7.13. The average molecular weight is 350 g/mol. The van der Waals surface area contributed by atoms with Gasteiger partial charge in [-0.15, -0.1) is 0 Å². The summed E-state index contributed by atoms with van der Waals surface area (Å²) in [6.45, 7) is 4.54. The number of carboxylic acid groups (broad SMARTS) is 1. The molecule has 1 fully saturated rings. The van der Waals surface area contributed by atoms with Crippen LogP contribution in [-0.2, 0) is 18.3 Å². The zero-order valence-corrected chi connectivity index (χ0v) is 14.8. The van der Waals surface area contributed by atoms with Crippen molar-refractivity contribution in [2.24, 2.45) is 7.05 Å². The van der Waals surface area contributed by atoms with Crippen LogP contribution in [0.1, 0.15) is 16.1 Å². The first-order valence-corrected chi connectivity index (χ1v) is 8.84. The molecule has 4 rings (SSSR count). The Morgan fingerprint density at radius 3 is 2.42 bits per heavy atom. The fraction of sp³-hybridized carbons (Fsp3) is 0.286. The topological polar surface area (TPSA) is 54.7 Å². The highest BCUT2D eigenvalue weighted by molar-refractivity contribution is 5.96. The second kappa shape index (κ2) is 6.94. The van der Waals surface area contributed by atoms with Crippen molar-refractivity contribution >= 4 is 16.9 Å². The van der Waals surface area contributed by atoms with Gasteiger partial charge in [0.2, 0.25) is 0 Å². The molecule has 3 aromatic rings. The molecule has 0 bridgehead atoms. The zero-order valence-electron chi connectivity index (χ0n) is 14.8. The molecule has 1 aliphatic heterocycles. The third kappa shape index (κ3) is 3.23. The van der Waals surface area contributed by atoms with Crippen molar-refractivity contribution in [2.45, 2.75) is 6.54 Å². The molecule has 5 heteroatoms. The molecule has 0 radical (unpaired) electrons. The Morgan fingerprint density at radius 1 is 1.04 bits per heavy atom. The maximum absolute atomic E-state index is 11.3. The average Bonchev–Trinajstić information content (AvgIpc) is 3.00. The number of aromatic carboxylic acids is 1. The van der Waals surface area contributed by atoms with Crippen LogP contribution in [0.25, 0.3) is 22.0 Å². The molecule has 1 aromatic heterocycles. The Bertz CT molecular complexity index is 938. The van der Waals surface area contributed by atoms with Crippen molar-refractivity contribution in [2.75, 3.05) is 26.3 Å². The number of benzene rings is 2. The number of ether oxygens (including phenoxy) is 1. The molecule has 1 N–H and O–H groups in total. The van der Waals surface area contributed by atoms with E-state index in [-0.39, 0.29) is 0 Å². The Labute approximate surface area is 152 Å². The van der Waals surface area contributed by atoms with Gasteiger partial charge in [0, 0.05) is 37.6 Å². The van der Waals surface area contributed by atoms with Crippen LogP contribution in [0.5, 0.6) is 0 Å². The van der Waals surface area contributed by atoms with Gasteiger partial charge in [-0.2, -0.15) is 0 Å². The molecule has 0 atom stereocenters. The van der Waals surface area contributed by atoms with Crippen LogP contribution in [-0.4, -0.2) is 46.8 Å². The van der Waals surface area contributed by atoms with E-state index in [0.29, 0.717) is 5.69 Å². The lowest BCUT2D eigenvalue weighted by molar-refractivity contribution is 0.0342. The summed E-state index contributed by atoms with van der Waals surface area (Å²) in [6.07, 6.45) is 0. The van der Waals surface area contributed by atoms with Crippen molar-refractivity contribution in [3.05, 3.63) is 59.8 Å². The molecular weight excluding hydrogens is 328 g/mol. The van der Waals surface area contributed by atoms with Gasteiger partial charge >= 0.3 is 5.97 Å². The Morgan fingerprint density at radius 2 is 1.73 bits per heavy atom. The van der Waals surface area contributed by atoms with E-state index in [4.69, 9.17) is 4.74 Å². The van der Waals surface area contributed by atoms with Crippen molar-refractivity contribution < 1.29 is 14.6 Å². The lowest BCUT2D eigenvalue weighted by Crippen LogP contribution is -2.35. The van der Waals surface area contributed by atoms with Crippen LogP contribution in [0.4, 0.5) is 0 Å². The minimum absolute atomic E-state index is 0.304. The summed E-state index contributed by atoms with van der Waals surface area (Å²) in [5.74, 6) is -0.905. The third-order valence-electron chi connectivity index (χ3n) is 5.06. The number of hydrogen-bond acceptors (Lipinski definition) is 3. The van der Waals surface area contributed by atoms with Gasteiger partial charge in [-0.25, -0.2) is 4.79 Å². The van der Waals surface area contributed by atoms with Crippen molar-refractivity contribution in [3.8, 4) is 11.1 Å². The molecule has 0 amide bonds. The van der Waals surface area contributed by atoms with Gasteiger partial charge in [-0.1, -0.05) is 36.4 Å². The monoisotopic (exact) mass is 350 g/mol. The lowest BCUT2D eigenvalue weighted by atomic mass is 10.0. The van der Waals surface area contributed by atoms with Crippen LogP contribution < -0.4 is 0 Å². The van der Waals surface area contributed by atoms with Crippen molar-refractivity contribution in [3.63, 3.8) is 0 Å². The molecule has 134 valence electrons. The second-order valence-corrected chi connectivity index (χ2v) is 6.75. The third-order valence-corrected chi connectivity index (χ3v) is 5.06. The molecule has 26 heavy (non-hydrogen) atoms. The van der Waals surface area contributed by atoms with Crippen LogP contribution in [0.3, 0.4) is 0 Å². The summed E-state index contributed by atoms with van der Waals surface area (Å²) in [7, 11) is 1.79. The maximum Gasteiger partial charge on any atom is 0.352 e. The first-order chi connectivity index (χ1) is 12.6. The summed E-state index contributed by atoms with van der Waals surface area (Å²) in [6, 6.07) is 16.4. The number of aryl methyl sites for hydroxylation is 1. The standard InChI is InChI=1S/C21H22N2O3/c1-22-19-12-17(6-7-18(19)13-20(22)21(24)25)16-4-2-15(3-5-16)14-23-8-10-26-11-9-23/h2-7,12-13H,8-11,14H2,1H3,(H,24,25). The Kier molecular flexibility index (Phi) is 4.49. The number of nitrogens with zero attached hydrogens (tertiary/aromatic N) is 2. The number of morpholine rings is 1. The maximum atomic E-state index is 11.3. The van der Waals surface area contributed by atoms with E-state index in [1.165, 1.54) is 5.56 Å². The highest BCUT2D eigenvalue weighted by Gasteiger charge is 2.13. The predicted octanol–water partition coefficient (Wildman–Crippen LogP) is 3.38. The van der Waals surface area contributed by atoms with Gasteiger partial charge in [0.25, 0.3) is 0 Å². The number of hydrogen-bond donors (Lipinski definition) is 1. The highest BCUT2D eigenvalue weighted by atomic mass is 16.5. The van der Waals surface area contributed by atoms with Gasteiger partial charge in [-0.05, 0) is 28.8 Å². The summed E-state index contributed by atoms with van der Waals surface area (Å²) in [5.41, 5.74) is 4.75. The Hall–Kier alpha value is -2.63. The van der Waals surface area contributed by atoms with Gasteiger partial charge in [0.05, 0.1) is 13.2 Å². The molecule has 0 saturated carbocycles. The van der Waals surface area contributed by atoms with E-state index in [2.05, 4.69) is 35.2 Å². The summed E-state index contributed by atoms with van der Waals surface area (Å²) in [4.78, 5) is 13.7. The molecule has 0 aliphatic carbocycles. The number of fused-ring (bicyclic) bond motifs is 1. The van der Waals surface area contributed by atoms with Crippen molar-refractivity contribution in [1.82, 2.24) is 9.47 Å². The van der Waals surface area contributed by atoms with Gasteiger partial charge in [-0.3, -0.25) is 4.90 Å². The molecule has 5 nitrogen and oxygen atoms in total. The molecule has 1 aliphatic rings. The fourth-order valence-electron chi connectivity index (χ4n) is 3.53. The lowest BCUT2D eigenvalue weighted by Gasteiger charge is -2.26. The van der Waals surface area contributed by atoms with E-state index < -0.39 is 5.97 Å². The van der Waals surface area contributed by atoms with Gasteiger partial charge in [0.1, 0.15) is 5.69 Å². The fourth-order valence-corrected chi connectivity index (χ4v) is 3.53. The van der Waals surface area contributed by atoms with Crippen LogP contribution in [0.15, 0.2) is 48.5 Å². The van der Waals surface area contributed by atoms with Gasteiger partial charge < -0.3 is 14.4 Å². The van der Waals surface area contributed by atoms with E-state index in [1.54, 1.807) is 17.7 Å². The van der Waals surface area contributed by atoms with E-state index in [9.17, 15) is 9.90 Å². The smallest absolute Gasteiger partial charge is 0.352 e. The first kappa shape index (κ1) is 16.8. The number of carbonyl (C=O) groups is 1. The largest absolute Gasteiger partial charge is 0.477 e. The predicted molar refractivity (Wildman–Crippen MR) is 101 cm³/mol. The minimum Gasteiger partial charge on any atom is -0.477 e. The zero-order chi connectivity index (χ0) is 18.1. The molecule has 1 saturated heterocycles. The van der Waals surface area contributed by atoms with E-state index in [0.717, 1.165) is 54.9 Å².